The Morgan fingerprint density at radius 3 is 3.10 bits per heavy atom. The Labute approximate surface area is 124 Å². The lowest BCUT2D eigenvalue weighted by Gasteiger charge is -2.24. The van der Waals surface area contributed by atoms with Gasteiger partial charge in [0.15, 0.2) is 0 Å². The van der Waals surface area contributed by atoms with Gasteiger partial charge in [-0.3, -0.25) is 0 Å². The molecular weight excluding hydrogens is 294 g/mol. The van der Waals surface area contributed by atoms with Crippen molar-refractivity contribution < 1.29 is 0 Å². The normalized spacial score (nSPS) is 14.8. The van der Waals surface area contributed by atoms with Crippen LogP contribution < -0.4 is 4.90 Å². The van der Waals surface area contributed by atoms with E-state index in [0.29, 0.717) is 17.0 Å². The smallest absolute Gasteiger partial charge is 0.255 e. The van der Waals surface area contributed by atoms with Gasteiger partial charge in [-0.1, -0.05) is 17.7 Å². The number of anilines is 1. The Morgan fingerprint density at radius 2 is 2.35 bits per heavy atom. The largest absolute Gasteiger partial charge is 0.348 e. The third kappa shape index (κ3) is 2.14. The fourth-order valence-electron chi connectivity index (χ4n) is 2.33. The summed E-state index contributed by atoms with van der Waals surface area (Å²) in [7, 11) is 0. The maximum absolute atomic E-state index is 6.12. The van der Waals surface area contributed by atoms with E-state index in [4.69, 9.17) is 11.6 Å². The zero-order chi connectivity index (χ0) is 13.5. The van der Waals surface area contributed by atoms with Crippen LogP contribution in [0, 0.1) is 0 Å². The van der Waals surface area contributed by atoms with E-state index in [0.717, 1.165) is 12.4 Å². The molecular formula is C13H12ClN5S. The zero-order valence-electron chi connectivity index (χ0n) is 10.6. The van der Waals surface area contributed by atoms with Gasteiger partial charge in [0, 0.05) is 17.0 Å². The maximum atomic E-state index is 6.12. The molecule has 7 heteroatoms. The van der Waals surface area contributed by atoms with Crippen LogP contribution in [0.5, 0.6) is 0 Å². The zero-order valence-corrected chi connectivity index (χ0v) is 12.2. The third-order valence-electron chi connectivity index (χ3n) is 3.39. The number of thiophene rings is 1. The SMILES string of the molecule is Clc1cc(N(Cc2cccs2)C2CC2)n2ncnc2n1. The van der Waals surface area contributed by atoms with E-state index >= 15 is 0 Å². The highest BCUT2D eigenvalue weighted by Crippen LogP contribution is 2.34. The van der Waals surface area contributed by atoms with Crippen molar-refractivity contribution in [3.8, 4) is 0 Å². The molecule has 1 saturated carbocycles. The first-order chi connectivity index (χ1) is 9.81. The molecule has 0 aromatic carbocycles. The van der Waals surface area contributed by atoms with Crippen molar-refractivity contribution in [3.05, 3.63) is 39.9 Å². The van der Waals surface area contributed by atoms with Gasteiger partial charge < -0.3 is 4.90 Å². The van der Waals surface area contributed by atoms with E-state index in [-0.39, 0.29) is 0 Å². The van der Waals surface area contributed by atoms with Crippen LogP contribution in [0.4, 0.5) is 5.82 Å². The average Bonchev–Trinajstić information content (AvgIpc) is 2.96. The molecule has 3 aromatic rings. The molecule has 0 saturated heterocycles. The summed E-state index contributed by atoms with van der Waals surface area (Å²) in [6.45, 7) is 0.873. The maximum Gasteiger partial charge on any atom is 0.255 e. The lowest BCUT2D eigenvalue weighted by atomic mass is 10.3. The number of nitrogens with zero attached hydrogens (tertiary/aromatic N) is 5. The van der Waals surface area contributed by atoms with Gasteiger partial charge in [0.05, 0.1) is 6.54 Å². The van der Waals surface area contributed by atoms with E-state index in [9.17, 15) is 0 Å². The predicted molar refractivity (Wildman–Crippen MR) is 79.3 cm³/mol. The Hall–Kier alpha value is -1.66. The number of halogens is 1. The number of aromatic nitrogens is 4. The van der Waals surface area contributed by atoms with Gasteiger partial charge >= 0.3 is 0 Å². The van der Waals surface area contributed by atoms with Crippen molar-refractivity contribution in [1.29, 1.82) is 0 Å². The Bertz CT molecular complexity index is 734. The van der Waals surface area contributed by atoms with Crippen LogP contribution in [0.3, 0.4) is 0 Å². The molecule has 0 unspecified atom stereocenters. The van der Waals surface area contributed by atoms with Gasteiger partial charge in [0.2, 0.25) is 0 Å². The number of hydrogen-bond acceptors (Lipinski definition) is 5. The van der Waals surface area contributed by atoms with Gasteiger partial charge in [-0.05, 0) is 24.3 Å². The van der Waals surface area contributed by atoms with Crippen LogP contribution in [-0.2, 0) is 6.54 Å². The summed E-state index contributed by atoms with van der Waals surface area (Å²) in [5.41, 5.74) is 0. The van der Waals surface area contributed by atoms with Crippen LogP contribution in [0.2, 0.25) is 5.15 Å². The second-order valence-electron chi connectivity index (χ2n) is 4.85. The Balaban J connectivity index is 1.79. The third-order valence-corrected chi connectivity index (χ3v) is 4.44. The summed E-state index contributed by atoms with van der Waals surface area (Å²) in [4.78, 5) is 12.0. The van der Waals surface area contributed by atoms with Crippen molar-refractivity contribution in [2.75, 3.05) is 4.90 Å². The van der Waals surface area contributed by atoms with Gasteiger partial charge in [-0.25, -0.2) is 0 Å². The van der Waals surface area contributed by atoms with Crippen LogP contribution in [0.15, 0.2) is 29.9 Å². The van der Waals surface area contributed by atoms with Crippen LogP contribution in [0.1, 0.15) is 17.7 Å². The molecule has 0 aliphatic heterocycles. The molecule has 1 aliphatic rings. The molecule has 5 nitrogen and oxygen atoms in total. The van der Waals surface area contributed by atoms with E-state index in [1.54, 1.807) is 15.9 Å². The highest BCUT2D eigenvalue weighted by Gasteiger charge is 2.31. The summed E-state index contributed by atoms with van der Waals surface area (Å²) >= 11 is 7.88. The van der Waals surface area contributed by atoms with Crippen molar-refractivity contribution in [2.45, 2.75) is 25.4 Å². The van der Waals surface area contributed by atoms with Gasteiger partial charge in [0.25, 0.3) is 5.78 Å². The topological polar surface area (TPSA) is 46.3 Å². The Morgan fingerprint density at radius 1 is 1.45 bits per heavy atom. The van der Waals surface area contributed by atoms with E-state index in [1.807, 2.05) is 6.07 Å². The van der Waals surface area contributed by atoms with Crippen molar-refractivity contribution in [1.82, 2.24) is 19.6 Å². The van der Waals surface area contributed by atoms with E-state index < -0.39 is 0 Å². The molecule has 3 heterocycles. The highest BCUT2D eigenvalue weighted by molar-refractivity contribution is 7.09. The second kappa shape index (κ2) is 4.71. The number of hydrogen-bond donors (Lipinski definition) is 0. The quantitative estimate of drug-likeness (QED) is 0.695. The van der Waals surface area contributed by atoms with Gasteiger partial charge in [-0.15, -0.1) is 11.3 Å². The summed E-state index contributed by atoms with van der Waals surface area (Å²) in [5, 5.41) is 6.82. The molecule has 3 aromatic heterocycles. The first-order valence-electron chi connectivity index (χ1n) is 6.46. The molecule has 0 atom stereocenters. The number of fused-ring (bicyclic) bond motifs is 1. The predicted octanol–water partition coefficient (Wildman–Crippen LogP) is 3.01. The molecule has 102 valence electrons. The summed E-state index contributed by atoms with van der Waals surface area (Å²) in [6.07, 6.45) is 3.93. The van der Waals surface area contributed by atoms with Crippen LogP contribution in [-0.4, -0.2) is 25.6 Å². The van der Waals surface area contributed by atoms with Crippen molar-refractivity contribution >= 4 is 34.5 Å². The minimum absolute atomic E-state index is 0.456. The van der Waals surface area contributed by atoms with E-state index in [2.05, 4.69) is 37.5 Å². The second-order valence-corrected chi connectivity index (χ2v) is 6.27. The molecule has 1 fully saturated rings. The Kier molecular flexibility index (Phi) is 2.85. The molecule has 4 rings (SSSR count). The minimum atomic E-state index is 0.456. The molecule has 0 N–H and O–H groups in total. The molecule has 0 spiro atoms. The fourth-order valence-corrected chi connectivity index (χ4v) is 3.20. The molecule has 0 bridgehead atoms. The first kappa shape index (κ1) is 12.1. The summed E-state index contributed by atoms with van der Waals surface area (Å²) < 4.78 is 1.76. The standard InChI is InChI=1S/C13H12ClN5S/c14-11-6-12(19-13(17-11)15-8-16-19)18(9-3-4-9)7-10-2-1-5-20-10/h1-2,5-6,8-9H,3-4,7H2. The van der Waals surface area contributed by atoms with Crippen molar-refractivity contribution in [2.24, 2.45) is 0 Å². The van der Waals surface area contributed by atoms with Gasteiger partial charge in [-0.2, -0.15) is 19.6 Å². The highest BCUT2D eigenvalue weighted by atomic mass is 35.5. The minimum Gasteiger partial charge on any atom is -0.348 e. The number of rotatable bonds is 4. The first-order valence-corrected chi connectivity index (χ1v) is 7.72. The fraction of sp³-hybridized carbons (Fsp3) is 0.308. The van der Waals surface area contributed by atoms with E-state index in [1.165, 1.54) is 24.0 Å². The monoisotopic (exact) mass is 305 g/mol. The van der Waals surface area contributed by atoms with Gasteiger partial charge in [0.1, 0.15) is 17.3 Å². The van der Waals surface area contributed by atoms with Crippen molar-refractivity contribution in [3.63, 3.8) is 0 Å². The molecule has 20 heavy (non-hydrogen) atoms. The lowest BCUT2D eigenvalue weighted by Crippen LogP contribution is -2.27. The molecule has 0 amide bonds. The van der Waals surface area contributed by atoms with Crippen LogP contribution in [0.25, 0.3) is 5.78 Å². The van der Waals surface area contributed by atoms with Crippen LogP contribution >= 0.6 is 22.9 Å². The summed E-state index contributed by atoms with van der Waals surface area (Å²) in [6, 6.07) is 6.66. The lowest BCUT2D eigenvalue weighted by molar-refractivity contribution is 0.754. The molecule has 0 radical (unpaired) electrons. The molecule has 1 aliphatic carbocycles. The summed E-state index contributed by atoms with van der Waals surface area (Å²) in [5.74, 6) is 1.51. The average molecular weight is 306 g/mol.